The molecule has 1 saturated carbocycles. The first-order valence-electron chi connectivity index (χ1n) is 7.41. The van der Waals surface area contributed by atoms with Gasteiger partial charge in [0.2, 0.25) is 5.91 Å². The third-order valence-corrected chi connectivity index (χ3v) is 4.89. The fourth-order valence-electron chi connectivity index (χ4n) is 3.34. The number of nitrogens with zero attached hydrogens (tertiary/aromatic N) is 1. The first-order chi connectivity index (χ1) is 9.57. The number of likely N-dealkylation sites (tertiary alicyclic amines) is 1. The molecule has 0 radical (unpaired) electrons. The van der Waals surface area contributed by atoms with Gasteiger partial charge in [-0.25, -0.2) is 0 Å². The van der Waals surface area contributed by atoms with Crippen LogP contribution in [0.15, 0.2) is 24.3 Å². The summed E-state index contributed by atoms with van der Waals surface area (Å²) < 4.78 is 0. The van der Waals surface area contributed by atoms with Crippen LogP contribution in [-0.4, -0.2) is 22.9 Å². The minimum Gasteiger partial charge on any atom is -0.336 e. The molecular weight excluding hydrogens is 272 g/mol. The fourth-order valence-corrected chi connectivity index (χ4v) is 3.53. The van der Waals surface area contributed by atoms with Crippen molar-refractivity contribution in [3.05, 3.63) is 34.9 Å². The highest BCUT2D eigenvalue weighted by Gasteiger charge is 2.38. The number of amides is 1. The van der Waals surface area contributed by atoms with Crippen LogP contribution in [0.2, 0.25) is 5.02 Å². The molecule has 1 atom stereocenters. The van der Waals surface area contributed by atoms with Crippen LogP contribution in [0.3, 0.4) is 0 Å². The molecule has 1 aromatic carbocycles. The number of rotatable bonds is 3. The number of benzene rings is 1. The van der Waals surface area contributed by atoms with Crippen molar-refractivity contribution < 1.29 is 4.79 Å². The Bertz CT molecular complexity index is 513. The van der Waals surface area contributed by atoms with Crippen LogP contribution in [0.5, 0.6) is 0 Å². The van der Waals surface area contributed by atoms with Gasteiger partial charge in [0.05, 0.1) is 6.04 Å². The van der Waals surface area contributed by atoms with Crippen LogP contribution in [0.4, 0.5) is 0 Å². The van der Waals surface area contributed by atoms with Crippen molar-refractivity contribution in [2.24, 2.45) is 5.73 Å². The Morgan fingerprint density at radius 3 is 2.85 bits per heavy atom. The maximum Gasteiger partial charge on any atom is 0.224 e. The van der Waals surface area contributed by atoms with Gasteiger partial charge in [0.25, 0.3) is 0 Å². The highest BCUT2D eigenvalue weighted by atomic mass is 35.5. The predicted octanol–water partition coefficient (Wildman–Crippen LogP) is 3.28. The van der Waals surface area contributed by atoms with Gasteiger partial charge in [-0.05, 0) is 49.8 Å². The third-order valence-electron chi connectivity index (χ3n) is 4.66. The number of nitrogens with two attached hydrogens (primary N) is 1. The molecule has 3 nitrogen and oxygen atoms in total. The number of hydrogen-bond acceptors (Lipinski definition) is 2. The highest BCUT2D eigenvalue weighted by molar-refractivity contribution is 6.30. The number of halogens is 1. The summed E-state index contributed by atoms with van der Waals surface area (Å²) in [6.07, 6.45) is 5.68. The van der Waals surface area contributed by atoms with E-state index in [1.807, 2.05) is 23.1 Å². The second kappa shape index (κ2) is 5.38. The minimum absolute atomic E-state index is 0.171. The molecule has 2 aliphatic rings. The van der Waals surface area contributed by atoms with Gasteiger partial charge < -0.3 is 10.6 Å². The molecule has 0 unspecified atom stereocenters. The van der Waals surface area contributed by atoms with Gasteiger partial charge in [0, 0.05) is 23.5 Å². The number of hydrogen-bond donors (Lipinski definition) is 1. The van der Waals surface area contributed by atoms with E-state index in [-0.39, 0.29) is 17.5 Å². The Morgan fingerprint density at radius 1 is 1.40 bits per heavy atom. The van der Waals surface area contributed by atoms with Crippen molar-refractivity contribution in [2.75, 3.05) is 6.54 Å². The predicted molar refractivity (Wildman–Crippen MR) is 80.5 cm³/mol. The van der Waals surface area contributed by atoms with E-state index >= 15 is 0 Å². The topological polar surface area (TPSA) is 46.3 Å². The molecule has 4 heteroatoms. The molecule has 2 N–H and O–H groups in total. The largest absolute Gasteiger partial charge is 0.336 e. The van der Waals surface area contributed by atoms with E-state index in [9.17, 15) is 4.79 Å². The molecule has 3 rings (SSSR count). The second-order valence-corrected chi connectivity index (χ2v) is 6.63. The Morgan fingerprint density at radius 2 is 2.20 bits per heavy atom. The molecule has 2 fully saturated rings. The molecule has 0 aromatic heterocycles. The third kappa shape index (κ3) is 2.70. The van der Waals surface area contributed by atoms with Gasteiger partial charge in [-0.2, -0.15) is 0 Å². The number of carbonyl (C=O) groups excluding carboxylic acids is 1. The smallest absolute Gasteiger partial charge is 0.224 e. The van der Waals surface area contributed by atoms with Crippen molar-refractivity contribution in [1.29, 1.82) is 0 Å². The standard InChI is InChI=1S/C16H21ClN2O/c17-13-5-1-4-12(10-13)14-6-2-9-19(14)15(20)11-16(18)7-3-8-16/h1,4-5,10,14H,2-3,6-9,11,18H2/t14-/m0/s1. The van der Waals surface area contributed by atoms with Crippen LogP contribution in [0, 0.1) is 0 Å². The van der Waals surface area contributed by atoms with Crippen molar-refractivity contribution in [1.82, 2.24) is 4.90 Å². The SMILES string of the molecule is NC1(CC(=O)N2CCC[C@H]2c2cccc(Cl)c2)CCC1. The minimum atomic E-state index is -0.238. The van der Waals surface area contributed by atoms with Crippen LogP contribution < -0.4 is 5.73 Å². The van der Waals surface area contributed by atoms with E-state index in [1.165, 1.54) is 0 Å². The molecule has 1 heterocycles. The lowest BCUT2D eigenvalue weighted by Crippen LogP contribution is -2.50. The Balaban J connectivity index is 1.73. The molecule has 0 bridgehead atoms. The second-order valence-electron chi connectivity index (χ2n) is 6.19. The Labute approximate surface area is 125 Å². The van der Waals surface area contributed by atoms with Crippen molar-refractivity contribution in [2.45, 2.75) is 50.1 Å². The monoisotopic (exact) mass is 292 g/mol. The number of carbonyl (C=O) groups is 1. The van der Waals surface area contributed by atoms with Crippen LogP contribution in [0.1, 0.15) is 50.1 Å². The average molecular weight is 293 g/mol. The van der Waals surface area contributed by atoms with E-state index in [1.54, 1.807) is 0 Å². The summed E-state index contributed by atoms with van der Waals surface area (Å²) in [6.45, 7) is 0.839. The zero-order valence-electron chi connectivity index (χ0n) is 11.6. The molecule has 1 aliphatic carbocycles. The van der Waals surface area contributed by atoms with E-state index in [4.69, 9.17) is 17.3 Å². The molecule has 1 saturated heterocycles. The summed E-state index contributed by atoms with van der Waals surface area (Å²) in [5, 5.41) is 0.732. The van der Waals surface area contributed by atoms with Gasteiger partial charge in [-0.15, -0.1) is 0 Å². The lowest BCUT2D eigenvalue weighted by molar-refractivity contribution is -0.134. The van der Waals surface area contributed by atoms with Gasteiger partial charge >= 0.3 is 0 Å². The first kappa shape index (κ1) is 13.9. The Hall–Kier alpha value is -1.06. The summed E-state index contributed by atoms with van der Waals surface area (Å²) in [5.74, 6) is 0.203. The normalized spacial score (nSPS) is 24.5. The fraction of sp³-hybridized carbons (Fsp3) is 0.562. The maximum atomic E-state index is 12.5. The summed E-state index contributed by atoms with van der Waals surface area (Å²) in [4.78, 5) is 14.5. The summed E-state index contributed by atoms with van der Waals surface area (Å²) >= 11 is 6.07. The van der Waals surface area contributed by atoms with Gasteiger partial charge in [0.1, 0.15) is 0 Å². The van der Waals surface area contributed by atoms with E-state index < -0.39 is 0 Å². The molecule has 0 spiro atoms. The van der Waals surface area contributed by atoms with E-state index in [0.717, 1.165) is 49.2 Å². The summed E-state index contributed by atoms with van der Waals surface area (Å²) in [5.41, 5.74) is 7.12. The lowest BCUT2D eigenvalue weighted by Gasteiger charge is -2.39. The van der Waals surface area contributed by atoms with Gasteiger partial charge in [0.15, 0.2) is 0 Å². The zero-order valence-corrected chi connectivity index (χ0v) is 12.4. The van der Waals surface area contributed by atoms with Gasteiger partial charge in [-0.3, -0.25) is 4.79 Å². The van der Waals surface area contributed by atoms with E-state index in [0.29, 0.717) is 6.42 Å². The molecule has 20 heavy (non-hydrogen) atoms. The van der Waals surface area contributed by atoms with Crippen LogP contribution in [-0.2, 0) is 4.79 Å². The first-order valence-corrected chi connectivity index (χ1v) is 7.79. The van der Waals surface area contributed by atoms with Crippen LogP contribution >= 0.6 is 11.6 Å². The van der Waals surface area contributed by atoms with E-state index in [2.05, 4.69) is 6.07 Å². The zero-order chi connectivity index (χ0) is 14.2. The summed E-state index contributed by atoms with van der Waals surface area (Å²) in [7, 11) is 0. The molecular formula is C16H21ClN2O. The lowest BCUT2D eigenvalue weighted by atomic mass is 9.75. The highest BCUT2D eigenvalue weighted by Crippen LogP contribution is 2.37. The van der Waals surface area contributed by atoms with Crippen molar-refractivity contribution in [3.63, 3.8) is 0 Å². The van der Waals surface area contributed by atoms with Gasteiger partial charge in [-0.1, -0.05) is 23.7 Å². The molecule has 108 valence electrons. The average Bonchev–Trinajstić information content (AvgIpc) is 2.86. The molecule has 1 aromatic rings. The van der Waals surface area contributed by atoms with Crippen molar-refractivity contribution in [3.8, 4) is 0 Å². The van der Waals surface area contributed by atoms with Crippen LogP contribution in [0.25, 0.3) is 0 Å². The molecule has 1 amide bonds. The van der Waals surface area contributed by atoms with Crippen molar-refractivity contribution >= 4 is 17.5 Å². The summed E-state index contributed by atoms with van der Waals surface area (Å²) in [6, 6.07) is 8.03. The molecule has 1 aliphatic heterocycles. The Kier molecular flexibility index (Phi) is 3.74. The maximum absolute atomic E-state index is 12.5. The quantitative estimate of drug-likeness (QED) is 0.929.